The molecule has 1 aromatic heterocycles. The highest BCUT2D eigenvalue weighted by Crippen LogP contribution is 2.27. The van der Waals surface area contributed by atoms with Gasteiger partial charge in [-0.25, -0.2) is 0 Å². The standard InChI is InChI=1S/C24H21N3OS2/c1-18-12-14-21(15-13-18)29-17-23-25-26-24(27(23)20-10-6-3-7-11-20)30-16-22(28)19-8-4-2-5-9-19/h2-15H,16-17H2,1H3. The molecule has 0 aliphatic rings. The van der Waals surface area contributed by atoms with Crippen molar-refractivity contribution in [3.63, 3.8) is 0 Å². The highest BCUT2D eigenvalue weighted by molar-refractivity contribution is 7.99. The van der Waals surface area contributed by atoms with Crippen LogP contribution in [0.2, 0.25) is 0 Å². The van der Waals surface area contributed by atoms with Gasteiger partial charge in [0.2, 0.25) is 0 Å². The van der Waals surface area contributed by atoms with E-state index < -0.39 is 0 Å². The summed E-state index contributed by atoms with van der Waals surface area (Å²) in [6.45, 7) is 2.08. The summed E-state index contributed by atoms with van der Waals surface area (Å²) in [6, 6.07) is 27.9. The third-order valence-corrected chi connectivity index (χ3v) is 6.47. The fourth-order valence-corrected chi connectivity index (χ4v) is 4.62. The molecule has 0 radical (unpaired) electrons. The van der Waals surface area contributed by atoms with E-state index in [0.717, 1.165) is 16.7 Å². The molecule has 0 saturated carbocycles. The number of Topliss-reactive ketones (excluding diaryl/α,β-unsaturated/α-hetero) is 1. The molecular formula is C24H21N3OS2. The van der Waals surface area contributed by atoms with E-state index in [0.29, 0.717) is 17.1 Å². The Morgan fingerprint density at radius 3 is 2.20 bits per heavy atom. The van der Waals surface area contributed by atoms with E-state index in [9.17, 15) is 4.79 Å². The monoisotopic (exact) mass is 431 g/mol. The van der Waals surface area contributed by atoms with E-state index in [1.54, 1.807) is 11.8 Å². The summed E-state index contributed by atoms with van der Waals surface area (Å²) in [7, 11) is 0. The summed E-state index contributed by atoms with van der Waals surface area (Å²) >= 11 is 3.15. The topological polar surface area (TPSA) is 47.8 Å². The van der Waals surface area contributed by atoms with Gasteiger partial charge in [0.05, 0.1) is 11.5 Å². The number of benzene rings is 3. The quantitative estimate of drug-likeness (QED) is 0.259. The predicted octanol–water partition coefficient (Wildman–Crippen LogP) is 5.84. The molecule has 0 amide bonds. The van der Waals surface area contributed by atoms with Crippen molar-refractivity contribution in [2.24, 2.45) is 0 Å². The van der Waals surface area contributed by atoms with Crippen LogP contribution in [0.4, 0.5) is 0 Å². The highest BCUT2D eigenvalue weighted by atomic mass is 32.2. The van der Waals surface area contributed by atoms with Crippen molar-refractivity contribution in [3.05, 3.63) is 102 Å². The van der Waals surface area contributed by atoms with Gasteiger partial charge in [-0.15, -0.1) is 22.0 Å². The van der Waals surface area contributed by atoms with Crippen LogP contribution in [0, 0.1) is 6.92 Å². The summed E-state index contributed by atoms with van der Waals surface area (Å²) in [4.78, 5) is 13.7. The van der Waals surface area contributed by atoms with Gasteiger partial charge in [-0.05, 0) is 31.2 Å². The maximum absolute atomic E-state index is 12.5. The van der Waals surface area contributed by atoms with E-state index >= 15 is 0 Å². The molecule has 0 atom stereocenters. The molecule has 0 aliphatic heterocycles. The van der Waals surface area contributed by atoms with Gasteiger partial charge < -0.3 is 0 Å². The maximum atomic E-state index is 12.5. The van der Waals surface area contributed by atoms with Crippen LogP contribution in [0.3, 0.4) is 0 Å². The molecule has 0 bridgehead atoms. The first kappa shape index (κ1) is 20.4. The van der Waals surface area contributed by atoms with Crippen LogP contribution in [0.5, 0.6) is 0 Å². The lowest BCUT2D eigenvalue weighted by Crippen LogP contribution is -2.05. The molecule has 0 spiro atoms. The average Bonchev–Trinajstić information content (AvgIpc) is 3.21. The van der Waals surface area contributed by atoms with Gasteiger partial charge in [-0.2, -0.15) is 0 Å². The molecule has 30 heavy (non-hydrogen) atoms. The van der Waals surface area contributed by atoms with Gasteiger partial charge in [-0.3, -0.25) is 9.36 Å². The zero-order valence-corrected chi connectivity index (χ0v) is 18.2. The van der Waals surface area contributed by atoms with Crippen molar-refractivity contribution in [3.8, 4) is 5.69 Å². The molecule has 0 unspecified atom stereocenters. The number of carbonyl (C=O) groups excluding carboxylic acids is 1. The normalized spacial score (nSPS) is 10.8. The van der Waals surface area contributed by atoms with Crippen molar-refractivity contribution in [2.45, 2.75) is 22.7 Å². The van der Waals surface area contributed by atoms with Crippen molar-refractivity contribution < 1.29 is 4.79 Å². The largest absolute Gasteiger partial charge is 0.293 e. The molecule has 0 N–H and O–H groups in total. The van der Waals surface area contributed by atoms with Crippen LogP contribution >= 0.6 is 23.5 Å². The maximum Gasteiger partial charge on any atom is 0.196 e. The van der Waals surface area contributed by atoms with E-state index in [-0.39, 0.29) is 5.78 Å². The molecule has 4 rings (SSSR count). The van der Waals surface area contributed by atoms with Gasteiger partial charge in [-0.1, -0.05) is 78.0 Å². The lowest BCUT2D eigenvalue weighted by atomic mass is 10.2. The van der Waals surface area contributed by atoms with Crippen LogP contribution in [-0.2, 0) is 5.75 Å². The van der Waals surface area contributed by atoms with Crippen LogP contribution in [0.25, 0.3) is 5.69 Å². The number of hydrogen-bond acceptors (Lipinski definition) is 5. The Hall–Kier alpha value is -2.83. The smallest absolute Gasteiger partial charge is 0.196 e. The Morgan fingerprint density at radius 2 is 1.50 bits per heavy atom. The number of nitrogens with zero attached hydrogens (tertiary/aromatic N) is 3. The first-order chi connectivity index (χ1) is 14.7. The van der Waals surface area contributed by atoms with Crippen molar-refractivity contribution in [1.82, 2.24) is 14.8 Å². The zero-order valence-electron chi connectivity index (χ0n) is 16.6. The Balaban J connectivity index is 1.54. The van der Waals surface area contributed by atoms with Gasteiger partial charge in [0, 0.05) is 16.1 Å². The minimum atomic E-state index is 0.0822. The van der Waals surface area contributed by atoms with E-state index in [1.807, 2.05) is 65.2 Å². The van der Waals surface area contributed by atoms with Gasteiger partial charge in [0.1, 0.15) is 5.82 Å². The number of ketones is 1. The highest BCUT2D eigenvalue weighted by Gasteiger charge is 2.16. The van der Waals surface area contributed by atoms with E-state index in [1.165, 1.54) is 22.2 Å². The summed E-state index contributed by atoms with van der Waals surface area (Å²) in [5, 5.41) is 9.56. The van der Waals surface area contributed by atoms with Gasteiger partial charge in [0.25, 0.3) is 0 Å². The van der Waals surface area contributed by atoms with Crippen LogP contribution in [0.1, 0.15) is 21.7 Å². The number of thioether (sulfide) groups is 2. The number of hydrogen-bond donors (Lipinski definition) is 0. The number of para-hydroxylation sites is 1. The Morgan fingerprint density at radius 1 is 0.833 bits per heavy atom. The predicted molar refractivity (Wildman–Crippen MR) is 124 cm³/mol. The van der Waals surface area contributed by atoms with Crippen LogP contribution in [0.15, 0.2) is 95.0 Å². The first-order valence-corrected chi connectivity index (χ1v) is 11.6. The number of rotatable bonds is 8. The summed E-state index contributed by atoms with van der Waals surface area (Å²) < 4.78 is 2.05. The first-order valence-electron chi connectivity index (χ1n) is 9.61. The summed E-state index contributed by atoms with van der Waals surface area (Å²) in [5.74, 6) is 1.96. The fraction of sp³-hybridized carbons (Fsp3) is 0.125. The zero-order chi connectivity index (χ0) is 20.8. The van der Waals surface area contributed by atoms with Crippen LogP contribution < -0.4 is 0 Å². The molecule has 1 heterocycles. The third kappa shape index (κ3) is 5.01. The third-order valence-electron chi connectivity index (χ3n) is 4.53. The molecular weight excluding hydrogens is 410 g/mol. The average molecular weight is 432 g/mol. The molecule has 150 valence electrons. The SMILES string of the molecule is Cc1ccc(SCc2nnc(SCC(=O)c3ccccc3)n2-c2ccccc2)cc1. The van der Waals surface area contributed by atoms with E-state index in [2.05, 4.69) is 41.4 Å². The lowest BCUT2D eigenvalue weighted by Gasteiger charge is -2.10. The molecule has 4 nitrogen and oxygen atoms in total. The molecule has 4 aromatic rings. The fourth-order valence-electron chi connectivity index (χ4n) is 2.94. The molecule has 0 aliphatic carbocycles. The molecule has 3 aromatic carbocycles. The van der Waals surface area contributed by atoms with Crippen molar-refractivity contribution >= 4 is 29.3 Å². The second-order valence-electron chi connectivity index (χ2n) is 6.75. The van der Waals surface area contributed by atoms with Crippen molar-refractivity contribution in [2.75, 3.05) is 5.75 Å². The second kappa shape index (κ2) is 9.78. The van der Waals surface area contributed by atoms with Gasteiger partial charge >= 0.3 is 0 Å². The minimum absolute atomic E-state index is 0.0822. The molecule has 0 fully saturated rings. The summed E-state index contributed by atoms with van der Waals surface area (Å²) in [6.07, 6.45) is 0. The Bertz CT molecular complexity index is 1110. The van der Waals surface area contributed by atoms with E-state index in [4.69, 9.17) is 0 Å². The number of aromatic nitrogens is 3. The minimum Gasteiger partial charge on any atom is -0.293 e. The number of carbonyl (C=O) groups is 1. The molecule has 0 saturated heterocycles. The second-order valence-corrected chi connectivity index (χ2v) is 8.74. The van der Waals surface area contributed by atoms with Gasteiger partial charge in [0.15, 0.2) is 10.9 Å². The van der Waals surface area contributed by atoms with Crippen molar-refractivity contribution in [1.29, 1.82) is 0 Å². The Labute approximate surface area is 184 Å². The number of aryl methyl sites for hydroxylation is 1. The lowest BCUT2D eigenvalue weighted by molar-refractivity contribution is 0.102. The van der Waals surface area contributed by atoms with Crippen LogP contribution in [-0.4, -0.2) is 26.3 Å². The Kier molecular flexibility index (Phi) is 6.67. The summed E-state index contributed by atoms with van der Waals surface area (Å²) in [5.41, 5.74) is 2.95. The molecule has 6 heteroatoms.